The second kappa shape index (κ2) is 8.23. The van der Waals surface area contributed by atoms with E-state index in [0.29, 0.717) is 33.9 Å². The third-order valence-corrected chi connectivity index (χ3v) is 5.77. The number of thioether (sulfide) groups is 1. The molecule has 0 bridgehead atoms. The first-order valence-corrected chi connectivity index (χ1v) is 10.2. The highest BCUT2D eigenvalue weighted by Crippen LogP contribution is 2.33. The summed E-state index contributed by atoms with van der Waals surface area (Å²) in [4.78, 5) is 12.0. The number of methoxy groups -OCH3 is 2. The smallest absolute Gasteiger partial charge is 0.336 e. The van der Waals surface area contributed by atoms with Gasteiger partial charge in [0.15, 0.2) is 11.5 Å². The number of hydrogen-bond donors (Lipinski definition) is 0. The first kappa shape index (κ1) is 20.0. The molecule has 4 rings (SSSR count). The van der Waals surface area contributed by atoms with Crippen LogP contribution in [0.1, 0.15) is 16.7 Å². The molecule has 0 fully saturated rings. The fourth-order valence-corrected chi connectivity index (χ4v) is 3.89. The van der Waals surface area contributed by atoms with E-state index in [1.807, 2.05) is 32.0 Å². The van der Waals surface area contributed by atoms with Crippen LogP contribution in [0, 0.1) is 13.8 Å². The Hall–Kier alpha value is -3.26. The van der Waals surface area contributed by atoms with E-state index >= 15 is 0 Å². The van der Waals surface area contributed by atoms with Gasteiger partial charge in [-0.3, -0.25) is 0 Å². The average molecular weight is 424 g/mol. The van der Waals surface area contributed by atoms with Crippen LogP contribution in [0.15, 0.2) is 55.2 Å². The molecule has 0 saturated carbocycles. The van der Waals surface area contributed by atoms with Crippen molar-refractivity contribution in [3.8, 4) is 23.0 Å². The standard InChI is InChI=1S/C22H20N2O5S/c1-12-5-7-16-15(10-19(25)28-20(16)13(12)2)11-30-22-24-23-21(29-22)14-6-8-17(26-3)18(9-14)27-4/h5-10H,11H2,1-4H3. The van der Waals surface area contributed by atoms with Gasteiger partial charge in [-0.2, -0.15) is 0 Å². The van der Waals surface area contributed by atoms with Crippen molar-refractivity contribution in [2.45, 2.75) is 24.8 Å². The summed E-state index contributed by atoms with van der Waals surface area (Å²) in [5, 5.41) is 9.55. The minimum absolute atomic E-state index is 0.372. The van der Waals surface area contributed by atoms with Crippen molar-refractivity contribution in [2.24, 2.45) is 0 Å². The predicted octanol–water partition coefficient (Wildman–Crippen LogP) is 4.77. The molecule has 2 aromatic heterocycles. The number of benzene rings is 2. The lowest BCUT2D eigenvalue weighted by atomic mass is 10.0. The Morgan fingerprint density at radius 3 is 2.53 bits per heavy atom. The quantitative estimate of drug-likeness (QED) is 0.323. The summed E-state index contributed by atoms with van der Waals surface area (Å²) in [7, 11) is 3.15. The molecule has 0 aliphatic carbocycles. The highest BCUT2D eigenvalue weighted by Gasteiger charge is 2.14. The van der Waals surface area contributed by atoms with Crippen LogP contribution in [0.25, 0.3) is 22.4 Å². The third kappa shape index (κ3) is 3.78. The van der Waals surface area contributed by atoms with Crippen LogP contribution in [0.4, 0.5) is 0 Å². The average Bonchev–Trinajstić information content (AvgIpc) is 3.23. The molecule has 0 amide bonds. The zero-order valence-electron chi connectivity index (χ0n) is 17.0. The van der Waals surface area contributed by atoms with Gasteiger partial charge in [-0.05, 0) is 48.7 Å². The number of aromatic nitrogens is 2. The number of ether oxygens (including phenoxy) is 2. The van der Waals surface area contributed by atoms with E-state index in [-0.39, 0.29) is 5.63 Å². The predicted molar refractivity (Wildman–Crippen MR) is 114 cm³/mol. The van der Waals surface area contributed by atoms with Gasteiger partial charge < -0.3 is 18.3 Å². The number of aryl methyl sites for hydroxylation is 2. The van der Waals surface area contributed by atoms with E-state index in [9.17, 15) is 4.79 Å². The summed E-state index contributed by atoms with van der Waals surface area (Å²) in [6, 6.07) is 10.9. The molecule has 8 heteroatoms. The van der Waals surface area contributed by atoms with Gasteiger partial charge in [-0.25, -0.2) is 4.79 Å². The second-order valence-electron chi connectivity index (χ2n) is 6.71. The maximum Gasteiger partial charge on any atom is 0.336 e. The summed E-state index contributed by atoms with van der Waals surface area (Å²) >= 11 is 1.36. The first-order valence-electron chi connectivity index (χ1n) is 9.21. The van der Waals surface area contributed by atoms with E-state index in [2.05, 4.69) is 10.2 Å². The van der Waals surface area contributed by atoms with Crippen LogP contribution < -0.4 is 15.1 Å². The van der Waals surface area contributed by atoms with Crippen molar-refractivity contribution in [3.05, 3.63) is 63.5 Å². The van der Waals surface area contributed by atoms with Gasteiger partial charge >= 0.3 is 5.63 Å². The van der Waals surface area contributed by atoms with Crippen LogP contribution in [-0.2, 0) is 5.75 Å². The Kier molecular flexibility index (Phi) is 5.50. The number of rotatable bonds is 6. The lowest BCUT2D eigenvalue weighted by Gasteiger charge is -2.08. The van der Waals surface area contributed by atoms with Gasteiger partial charge in [0.25, 0.3) is 5.22 Å². The minimum Gasteiger partial charge on any atom is -0.493 e. The van der Waals surface area contributed by atoms with Crippen LogP contribution in [0.2, 0.25) is 0 Å². The monoisotopic (exact) mass is 424 g/mol. The topological polar surface area (TPSA) is 87.6 Å². The first-order chi connectivity index (χ1) is 14.5. The summed E-state index contributed by atoms with van der Waals surface area (Å²) in [6.07, 6.45) is 0. The molecule has 7 nitrogen and oxygen atoms in total. The maximum absolute atomic E-state index is 12.0. The van der Waals surface area contributed by atoms with E-state index in [1.165, 1.54) is 17.8 Å². The van der Waals surface area contributed by atoms with Gasteiger partial charge in [-0.15, -0.1) is 10.2 Å². The van der Waals surface area contributed by atoms with Crippen molar-refractivity contribution in [2.75, 3.05) is 14.2 Å². The maximum atomic E-state index is 12.0. The zero-order chi connectivity index (χ0) is 21.3. The molecular weight excluding hydrogens is 404 g/mol. The third-order valence-electron chi connectivity index (χ3n) is 4.91. The molecular formula is C22H20N2O5S. The van der Waals surface area contributed by atoms with Crippen molar-refractivity contribution in [1.82, 2.24) is 10.2 Å². The van der Waals surface area contributed by atoms with Gasteiger partial charge in [-0.1, -0.05) is 23.9 Å². The molecule has 4 aromatic rings. The molecule has 0 radical (unpaired) electrons. The molecule has 0 atom stereocenters. The van der Waals surface area contributed by atoms with E-state index in [4.69, 9.17) is 18.3 Å². The lowest BCUT2D eigenvalue weighted by molar-refractivity contribution is 0.355. The molecule has 0 aliphatic heterocycles. The Bertz CT molecular complexity index is 1280. The van der Waals surface area contributed by atoms with Crippen LogP contribution >= 0.6 is 11.8 Å². The van der Waals surface area contributed by atoms with Crippen LogP contribution in [0.5, 0.6) is 11.5 Å². The molecule has 0 N–H and O–H groups in total. The van der Waals surface area contributed by atoms with Crippen molar-refractivity contribution in [3.63, 3.8) is 0 Å². The summed E-state index contributed by atoms with van der Waals surface area (Å²) in [6.45, 7) is 3.94. The SMILES string of the molecule is COc1ccc(-c2nnc(SCc3cc(=O)oc4c(C)c(C)ccc34)o2)cc1OC. The van der Waals surface area contributed by atoms with Gasteiger partial charge in [0.2, 0.25) is 5.89 Å². The Balaban J connectivity index is 1.59. The van der Waals surface area contributed by atoms with Crippen LogP contribution in [-0.4, -0.2) is 24.4 Å². The highest BCUT2D eigenvalue weighted by molar-refractivity contribution is 7.98. The molecule has 0 saturated heterocycles. The van der Waals surface area contributed by atoms with Crippen LogP contribution in [0.3, 0.4) is 0 Å². The van der Waals surface area contributed by atoms with E-state index in [0.717, 1.165) is 27.6 Å². The van der Waals surface area contributed by atoms with E-state index < -0.39 is 0 Å². The van der Waals surface area contributed by atoms with Crippen molar-refractivity contribution in [1.29, 1.82) is 0 Å². The van der Waals surface area contributed by atoms with Gasteiger partial charge in [0, 0.05) is 22.8 Å². The normalized spacial score (nSPS) is 11.1. The molecule has 0 spiro atoms. The zero-order valence-corrected chi connectivity index (χ0v) is 17.8. The number of hydrogen-bond acceptors (Lipinski definition) is 8. The summed E-state index contributed by atoms with van der Waals surface area (Å²) in [5.74, 6) is 2.08. The largest absolute Gasteiger partial charge is 0.493 e. The Morgan fingerprint density at radius 1 is 0.967 bits per heavy atom. The van der Waals surface area contributed by atoms with Gasteiger partial charge in [0.05, 0.1) is 14.2 Å². The van der Waals surface area contributed by atoms with Crippen molar-refractivity contribution >= 4 is 22.7 Å². The molecule has 2 heterocycles. The number of nitrogens with zero attached hydrogens (tertiary/aromatic N) is 2. The number of fused-ring (bicyclic) bond motifs is 1. The molecule has 30 heavy (non-hydrogen) atoms. The lowest BCUT2D eigenvalue weighted by Crippen LogP contribution is -2.01. The van der Waals surface area contributed by atoms with Gasteiger partial charge in [0.1, 0.15) is 5.58 Å². The molecule has 0 aliphatic rings. The summed E-state index contributed by atoms with van der Waals surface area (Å²) < 4.78 is 21.8. The molecule has 0 unspecified atom stereocenters. The summed E-state index contributed by atoms with van der Waals surface area (Å²) in [5.41, 5.74) is 3.87. The molecule has 2 aromatic carbocycles. The Labute approximate surface area is 177 Å². The van der Waals surface area contributed by atoms with Crippen molar-refractivity contribution < 1.29 is 18.3 Å². The second-order valence-corrected chi connectivity index (χ2v) is 7.63. The minimum atomic E-state index is -0.372. The highest BCUT2D eigenvalue weighted by atomic mass is 32.2. The fourth-order valence-electron chi connectivity index (χ4n) is 3.14. The van der Waals surface area contributed by atoms with E-state index in [1.54, 1.807) is 26.4 Å². The Morgan fingerprint density at radius 2 is 1.77 bits per heavy atom. The molecule has 154 valence electrons. The fraction of sp³-hybridized carbons (Fsp3) is 0.227.